The van der Waals surface area contributed by atoms with Gasteiger partial charge in [0, 0.05) is 20.2 Å². The minimum absolute atomic E-state index is 0.178. The fourth-order valence-corrected chi connectivity index (χ4v) is 2.74. The van der Waals surface area contributed by atoms with Crippen LogP contribution in [0.2, 0.25) is 0 Å². The summed E-state index contributed by atoms with van der Waals surface area (Å²) in [6.07, 6.45) is 0.245. The Hall–Kier alpha value is 0.100. The fourth-order valence-electron chi connectivity index (χ4n) is 1.53. The van der Waals surface area contributed by atoms with E-state index in [1.54, 1.807) is 18.4 Å². The molecule has 0 fully saturated rings. The molecule has 1 unspecified atom stereocenters. The monoisotopic (exact) mass is 305 g/mol. The topological polar surface area (TPSA) is 21.3 Å². The number of hydrogen-bond donors (Lipinski definition) is 1. The van der Waals surface area contributed by atoms with Gasteiger partial charge in [0.05, 0.1) is 9.89 Å². The Morgan fingerprint density at radius 3 is 2.62 bits per heavy atom. The molecule has 0 amide bonds. The summed E-state index contributed by atoms with van der Waals surface area (Å²) in [4.78, 5) is 0. The van der Waals surface area contributed by atoms with Gasteiger partial charge in [0.2, 0.25) is 0 Å². The largest absolute Gasteiger partial charge is 0.380 e. The lowest BCUT2D eigenvalue weighted by Gasteiger charge is -2.29. The molecule has 2 nitrogen and oxygen atoms in total. The highest BCUT2D eigenvalue weighted by atomic mass is 79.9. The molecule has 1 heterocycles. The Morgan fingerprint density at radius 2 is 2.19 bits per heavy atom. The van der Waals surface area contributed by atoms with Crippen molar-refractivity contribution in [3.63, 3.8) is 0 Å². The lowest BCUT2D eigenvalue weighted by Crippen LogP contribution is -2.37. The average molecular weight is 306 g/mol. The van der Waals surface area contributed by atoms with E-state index in [1.165, 1.54) is 9.35 Å². The Balaban J connectivity index is 2.34. The van der Waals surface area contributed by atoms with E-state index in [4.69, 9.17) is 4.74 Å². The molecule has 1 rings (SSSR count). The van der Waals surface area contributed by atoms with Crippen LogP contribution in [0.3, 0.4) is 0 Å². The smallest absolute Gasteiger partial charge is 0.0743 e. The molecule has 0 aromatic carbocycles. The van der Waals surface area contributed by atoms with Crippen LogP contribution in [-0.4, -0.2) is 19.8 Å². The number of rotatable bonds is 5. The van der Waals surface area contributed by atoms with Crippen LogP contribution in [-0.2, 0) is 11.3 Å². The van der Waals surface area contributed by atoms with Crippen LogP contribution in [0.4, 0.5) is 0 Å². The molecule has 92 valence electrons. The van der Waals surface area contributed by atoms with Crippen molar-refractivity contribution in [2.75, 3.05) is 13.7 Å². The second kappa shape index (κ2) is 6.15. The van der Waals surface area contributed by atoms with E-state index in [9.17, 15) is 0 Å². The van der Waals surface area contributed by atoms with E-state index >= 15 is 0 Å². The number of hydrogen-bond acceptors (Lipinski definition) is 3. The first-order valence-electron chi connectivity index (χ1n) is 5.40. The third-order valence-electron chi connectivity index (χ3n) is 2.53. The summed E-state index contributed by atoms with van der Waals surface area (Å²) in [5.41, 5.74) is 1.50. The first-order chi connectivity index (χ1) is 7.43. The van der Waals surface area contributed by atoms with Crippen LogP contribution >= 0.6 is 27.3 Å². The van der Waals surface area contributed by atoms with Crippen molar-refractivity contribution in [2.45, 2.75) is 33.4 Å². The molecule has 0 aliphatic heterocycles. The minimum Gasteiger partial charge on any atom is -0.380 e. The molecule has 0 bridgehead atoms. The van der Waals surface area contributed by atoms with Crippen LogP contribution in [0.1, 0.15) is 26.3 Å². The number of ether oxygens (including phenoxy) is 1. The van der Waals surface area contributed by atoms with Gasteiger partial charge >= 0.3 is 0 Å². The van der Waals surface area contributed by atoms with E-state index in [0.29, 0.717) is 0 Å². The molecular formula is C12H20BrNOS. The first-order valence-corrected chi connectivity index (χ1v) is 7.07. The van der Waals surface area contributed by atoms with Crippen molar-refractivity contribution >= 4 is 27.3 Å². The number of thiophene rings is 1. The average Bonchev–Trinajstić information content (AvgIpc) is 2.57. The zero-order valence-corrected chi connectivity index (χ0v) is 12.7. The summed E-state index contributed by atoms with van der Waals surface area (Å²) < 4.78 is 6.67. The quantitative estimate of drug-likeness (QED) is 0.896. The maximum absolute atomic E-state index is 5.49. The zero-order chi connectivity index (χ0) is 12.2. The Kier molecular flexibility index (Phi) is 5.44. The molecule has 1 atom stereocenters. The van der Waals surface area contributed by atoms with Crippen LogP contribution in [0, 0.1) is 5.41 Å². The minimum atomic E-state index is 0.178. The third-order valence-corrected chi connectivity index (χ3v) is 4.08. The summed E-state index contributed by atoms with van der Waals surface area (Å²) in [5, 5.41) is 5.60. The molecule has 1 N–H and O–H groups in total. The van der Waals surface area contributed by atoms with E-state index in [-0.39, 0.29) is 11.5 Å². The van der Waals surface area contributed by atoms with Gasteiger partial charge in [-0.15, -0.1) is 11.3 Å². The second-order valence-corrected chi connectivity index (χ2v) is 7.27. The zero-order valence-electron chi connectivity index (χ0n) is 10.3. The molecular weight excluding hydrogens is 286 g/mol. The van der Waals surface area contributed by atoms with Gasteiger partial charge < -0.3 is 10.1 Å². The molecule has 0 saturated carbocycles. The molecule has 0 radical (unpaired) electrons. The van der Waals surface area contributed by atoms with Gasteiger partial charge in [-0.05, 0) is 38.4 Å². The molecule has 0 aliphatic rings. The standard InChI is InChI=1S/C12H20BrNOS/c1-12(2,3)10(15-4)7-14-6-9-5-11(13)16-8-9/h5,8,10,14H,6-7H2,1-4H3. The lowest BCUT2D eigenvalue weighted by molar-refractivity contribution is 0.0173. The highest BCUT2D eigenvalue weighted by Gasteiger charge is 2.23. The Bertz CT molecular complexity index is 319. The van der Waals surface area contributed by atoms with Crippen molar-refractivity contribution in [3.05, 3.63) is 20.8 Å². The van der Waals surface area contributed by atoms with E-state index < -0.39 is 0 Å². The normalized spacial score (nSPS) is 14.1. The molecule has 1 aromatic rings. The first kappa shape index (κ1) is 14.2. The van der Waals surface area contributed by atoms with Gasteiger partial charge in [0.15, 0.2) is 0 Å². The third kappa shape index (κ3) is 4.53. The van der Waals surface area contributed by atoms with Crippen molar-refractivity contribution in [1.29, 1.82) is 0 Å². The van der Waals surface area contributed by atoms with Gasteiger partial charge in [0.1, 0.15) is 0 Å². The molecule has 1 aromatic heterocycles. The number of halogens is 1. The van der Waals surface area contributed by atoms with Crippen molar-refractivity contribution in [2.24, 2.45) is 5.41 Å². The van der Waals surface area contributed by atoms with Gasteiger partial charge in [-0.25, -0.2) is 0 Å². The number of methoxy groups -OCH3 is 1. The Labute approximate surface area is 111 Å². The van der Waals surface area contributed by atoms with Crippen LogP contribution in [0.5, 0.6) is 0 Å². The maximum atomic E-state index is 5.49. The van der Waals surface area contributed by atoms with Crippen molar-refractivity contribution in [1.82, 2.24) is 5.32 Å². The summed E-state index contributed by atoms with van der Waals surface area (Å²) in [6, 6.07) is 2.15. The molecule has 0 aliphatic carbocycles. The summed E-state index contributed by atoms with van der Waals surface area (Å²) >= 11 is 5.18. The van der Waals surface area contributed by atoms with Gasteiger partial charge in [-0.3, -0.25) is 0 Å². The lowest BCUT2D eigenvalue weighted by atomic mass is 9.89. The number of nitrogens with one attached hydrogen (secondary N) is 1. The van der Waals surface area contributed by atoms with Gasteiger partial charge in [-0.2, -0.15) is 0 Å². The van der Waals surface area contributed by atoms with Crippen LogP contribution in [0.15, 0.2) is 15.2 Å². The highest BCUT2D eigenvalue weighted by molar-refractivity contribution is 9.11. The maximum Gasteiger partial charge on any atom is 0.0743 e. The van der Waals surface area contributed by atoms with Crippen LogP contribution in [0.25, 0.3) is 0 Å². The van der Waals surface area contributed by atoms with E-state index in [1.807, 2.05) is 0 Å². The van der Waals surface area contributed by atoms with Gasteiger partial charge in [-0.1, -0.05) is 20.8 Å². The van der Waals surface area contributed by atoms with Crippen LogP contribution < -0.4 is 5.32 Å². The molecule has 16 heavy (non-hydrogen) atoms. The van der Waals surface area contributed by atoms with Gasteiger partial charge in [0.25, 0.3) is 0 Å². The molecule has 0 saturated heterocycles. The molecule has 0 spiro atoms. The van der Waals surface area contributed by atoms with E-state index in [0.717, 1.165) is 13.1 Å². The predicted octanol–water partition coefficient (Wildman–Crippen LogP) is 3.66. The fraction of sp³-hybridized carbons (Fsp3) is 0.667. The highest BCUT2D eigenvalue weighted by Crippen LogP contribution is 2.22. The Morgan fingerprint density at radius 1 is 1.50 bits per heavy atom. The van der Waals surface area contributed by atoms with Crippen molar-refractivity contribution in [3.8, 4) is 0 Å². The second-order valence-electron chi connectivity index (χ2n) is 4.98. The SMILES string of the molecule is COC(CNCc1csc(Br)c1)C(C)(C)C. The van der Waals surface area contributed by atoms with E-state index in [2.05, 4.69) is 53.5 Å². The molecule has 4 heteroatoms. The summed E-state index contributed by atoms with van der Waals surface area (Å²) in [6.45, 7) is 8.38. The summed E-state index contributed by atoms with van der Waals surface area (Å²) in [7, 11) is 1.78. The summed E-state index contributed by atoms with van der Waals surface area (Å²) in [5.74, 6) is 0. The predicted molar refractivity (Wildman–Crippen MR) is 74.0 cm³/mol. The van der Waals surface area contributed by atoms with Crippen molar-refractivity contribution < 1.29 is 4.74 Å².